The number of Topliss-reactive ketones (excluding diaryl/α,β-unsaturated/α-hetero) is 1. The first-order chi connectivity index (χ1) is 7.00. The first-order valence-corrected chi connectivity index (χ1v) is 4.32. The third kappa shape index (κ3) is 3.19. The third-order valence-electron chi connectivity index (χ3n) is 1.78. The van der Waals surface area contributed by atoms with E-state index in [9.17, 15) is 13.6 Å². The van der Waals surface area contributed by atoms with Crippen LogP contribution in [-0.2, 0) is 0 Å². The van der Waals surface area contributed by atoms with Crippen LogP contribution < -0.4 is 10.5 Å². The lowest BCUT2D eigenvalue weighted by molar-refractivity contribution is 0.0818. The molecule has 0 aromatic heterocycles. The lowest BCUT2D eigenvalue weighted by atomic mass is 10.1. The van der Waals surface area contributed by atoms with Crippen molar-refractivity contribution in [3.05, 3.63) is 23.8 Å². The van der Waals surface area contributed by atoms with Crippen LogP contribution in [0, 0.1) is 0 Å². The van der Waals surface area contributed by atoms with Crippen LogP contribution >= 0.6 is 0 Å². The van der Waals surface area contributed by atoms with Gasteiger partial charge in [-0.1, -0.05) is 0 Å². The van der Waals surface area contributed by atoms with Gasteiger partial charge in [0.25, 0.3) is 6.43 Å². The van der Waals surface area contributed by atoms with Gasteiger partial charge in [0.1, 0.15) is 12.4 Å². The van der Waals surface area contributed by atoms with E-state index in [0.717, 1.165) is 0 Å². The predicted molar refractivity (Wildman–Crippen MR) is 52.4 cm³/mol. The highest BCUT2D eigenvalue weighted by Gasteiger charge is 2.08. The van der Waals surface area contributed by atoms with Crippen LogP contribution in [0.5, 0.6) is 5.75 Å². The molecule has 0 unspecified atom stereocenters. The fraction of sp³-hybridized carbons (Fsp3) is 0.300. The molecule has 2 N–H and O–H groups in total. The summed E-state index contributed by atoms with van der Waals surface area (Å²) in [6, 6.07) is 4.27. The van der Waals surface area contributed by atoms with Crippen molar-refractivity contribution in [1.82, 2.24) is 0 Å². The quantitative estimate of drug-likeness (QED) is 0.618. The van der Waals surface area contributed by atoms with Crippen LogP contribution in [0.4, 0.5) is 14.5 Å². The summed E-state index contributed by atoms with van der Waals surface area (Å²) in [5.74, 6) is -0.00954. The maximum atomic E-state index is 11.8. The van der Waals surface area contributed by atoms with Gasteiger partial charge in [-0.05, 0) is 25.1 Å². The SMILES string of the molecule is CC(=O)c1cc(OCC(F)F)ccc1N. The number of nitrogen functional groups attached to an aromatic ring is 1. The van der Waals surface area contributed by atoms with E-state index in [0.29, 0.717) is 5.69 Å². The van der Waals surface area contributed by atoms with Crippen molar-refractivity contribution in [1.29, 1.82) is 0 Å². The minimum atomic E-state index is -2.54. The van der Waals surface area contributed by atoms with Crippen molar-refractivity contribution in [2.45, 2.75) is 13.3 Å². The Labute approximate surface area is 85.8 Å². The highest BCUT2D eigenvalue weighted by molar-refractivity contribution is 5.99. The van der Waals surface area contributed by atoms with Crippen molar-refractivity contribution >= 4 is 11.5 Å². The predicted octanol–water partition coefficient (Wildman–Crippen LogP) is 2.12. The van der Waals surface area contributed by atoms with Gasteiger partial charge in [0.15, 0.2) is 5.78 Å². The Balaban J connectivity index is 2.83. The monoisotopic (exact) mass is 215 g/mol. The smallest absolute Gasteiger partial charge is 0.272 e. The van der Waals surface area contributed by atoms with Gasteiger partial charge in [-0.3, -0.25) is 4.79 Å². The maximum Gasteiger partial charge on any atom is 0.272 e. The van der Waals surface area contributed by atoms with E-state index in [1.807, 2.05) is 0 Å². The topological polar surface area (TPSA) is 52.3 Å². The number of anilines is 1. The second-order valence-electron chi connectivity index (χ2n) is 3.01. The molecule has 15 heavy (non-hydrogen) atoms. The lowest BCUT2D eigenvalue weighted by Gasteiger charge is -2.08. The molecule has 0 saturated carbocycles. The molecule has 1 rings (SSSR count). The average Bonchev–Trinajstić information content (AvgIpc) is 2.16. The lowest BCUT2D eigenvalue weighted by Crippen LogP contribution is -2.08. The molecule has 0 heterocycles. The van der Waals surface area contributed by atoms with E-state index in [1.165, 1.54) is 25.1 Å². The van der Waals surface area contributed by atoms with Crippen LogP contribution in [0.3, 0.4) is 0 Å². The number of ether oxygens (including phenoxy) is 1. The van der Waals surface area contributed by atoms with Crippen LogP contribution in [0.15, 0.2) is 18.2 Å². The summed E-state index contributed by atoms with van der Waals surface area (Å²) < 4.78 is 28.4. The summed E-state index contributed by atoms with van der Waals surface area (Å²) in [4.78, 5) is 11.1. The Kier molecular flexibility index (Phi) is 3.60. The summed E-state index contributed by atoms with van der Waals surface area (Å²) in [5, 5.41) is 0. The fourth-order valence-corrected chi connectivity index (χ4v) is 1.09. The largest absolute Gasteiger partial charge is 0.488 e. The number of hydrogen-bond donors (Lipinski definition) is 1. The van der Waals surface area contributed by atoms with Gasteiger partial charge in [-0.2, -0.15) is 0 Å². The van der Waals surface area contributed by atoms with E-state index in [-0.39, 0.29) is 17.1 Å². The molecule has 1 aromatic carbocycles. The highest BCUT2D eigenvalue weighted by atomic mass is 19.3. The minimum Gasteiger partial charge on any atom is -0.488 e. The summed E-state index contributed by atoms with van der Waals surface area (Å²) >= 11 is 0. The van der Waals surface area contributed by atoms with Crippen LogP contribution in [0.25, 0.3) is 0 Å². The van der Waals surface area contributed by atoms with E-state index in [4.69, 9.17) is 10.5 Å². The zero-order valence-corrected chi connectivity index (χ0v) is 8.17. The molecule has 82 valence electrons. The molecule has 0 amide bonds. The van der Waals surface area contributed by atoms with Crippen LogP contribution in [-0.4, -0.2) is 18.8 Å². The average molecular weight is 215 g/mol. The van der Waals surface area contributed by atoms with Gasteiger partial charge >= 0.3 is 0 Å². The van der Waals surface area contributed by atoms with E-state index >= 15 is 0 Å². The van der Waals surface area contributed by atoms with Gasteiger partial charge in [0.05, 0.1) is 0 Å². The van der Waals surface area contributed by atoms with Crippen molar-refractivity contribution in [2.24, 2.45) is 0 Å². The molecule has 0 aliphatic heterocycles. The number of rotatable bonds is 4. The molecule has 0 bridgehead atoms. The molecule has 3 nitrogen and oxygen atoms in total. The molecule has 0 spiro atoms. The molecule has 0 aliphatic rings. The number of halogens is 2. The normalized spacial score (nSPS) is 10.4. The van der Waals surface area contributed by atoms with Gasteiger partial charge in [-0.15, -0.1) is 0 Å². The molecule has 0 fully saturated rings. The Bertz CT molecular complexity index is 366. The summed E-state index contributed by atoms with van der Waals surface area (Å²) in [7, 11) is 0. The molecule has 0 atom stereocenters. The maximum absolute atomic E-state index is 11.8. The standard InChI is InChI=1S/C10H11F2NO2/c1-6(14)8-4-7(2-3-9(8)13)15-5-10(11)12/h2-4,10H,5,13H2,1H3. The van der Waals surface area contributed by atoms with E-state index in [2.05, 4.69) is 0 Å². The molecule has 1 aromatic rings. The molecule has 0 aliphatic carbocycles. The number of hydrogen-bond acceptors (Lipinski definition) is 3. The van der Waals surface area contributed by atoms with E-state index in [1.54, 1.807) is 0 Å². The number of ketones is 1. The number of benzene rings is 1. The Morgan fingerprint density at radius 3 is 2.73 bits per heavy atom. The third-order valence-corrected chi connectivity index (χ3v) is 1.78. The van der Waals surface area contributed by atoms with E-state index < -0.39 is 13.0 Å². The van der Waals surface area contributed by atoms with Crippen molar-refractivity contribution in [3.8, 4) is 5.75 Å². The Hall–Kier alpha value is -1.65. The first kappa shape index (κ1) is 11.4. The summed E-state index contributed by atoms with van der Waals surface area (Å²) in [6.45, 7) is 0.657. The molecule has 0 saturated heterocycles. The fourth-order valence-electron chi connectivity index (χ4n) is 1.09. The Morgan fingerprint density at radius 1 is 1.53 bits per heavy atom. The second kappa shape index (κ2) is 4.72. The molecular weight excluding hydrogens is 204 g/mol. The minimum absolute atomic E-state index is 0.217. The molecular formula is C10H11F2NO2. The van der Waals surface area contributed by atoms with Gasteiger partial charge < -0.3 is 10.5 Å². The number of carbonyl (C=O) groups excluding carboxylic acids is 1. The van der Waals surface area contributed by atoms with Crippen LogP contribution in [0.2, 0.25) is 0 Å². The summed E-state index contributed by atoms with van der Waals surface area (Å²) in [5.41, 5.74) is 6.11. The van der Waals surface area contributed by atoms with Crippen LogP contribution in [0.1, 0.15) is 17.3 Å². The van der Waals surface area contributed by atoms with Crippen molar-refractivity contribution in [3.63, 3.8) is 0 Å². The first-order valence-electron chi connectivity index (χ1n) is 4.32. The highest BCUT2D eigenvalue weighted by Crippen LogP contribution is 2.20. The van der Waals surface area contributed by atoms with Gasteiger partial charge in [0, 0.05) is 11.3 Å². The zero-order chi connectivity index (χ0) is 11.4. The number of nitrogens with two attached hydrogens (primary N) is 1. The molecule has 5 heteroatoms. The number of alkyl halides is 2. The second-order valence-corrected chi connectivity index (χ2v) is 3.01. The van der Waals surface area contributed by atoms with Crippen molar-refractivity contribution < 1.29 is 18.3 Å². The Morgan fingerprint density at radius 2 is 2.20 bits per heavy atom. The van der Waals surface area contributed by atoms with Gasteiger partial charge in [-0.25, -0.2) is 8.78 Å². The summed E-state index contributed by atoms with van der Waals surface area (Å²) in [6.07, 6.45) is -2.54. The van der Waals surface area contributed by atoms with Gasteiger partial charge in [0.2, 0.25) is 0 Å². The molecule has 0 radical (unpaired) electrons. The van der Waals surface area contributed by atoms with Crippen molar-refractivity contribution in [2.75, 3.05) is 12.3 Å². The number of carbonyl (C=O) groups is 1. The zero-order valence-electron chi connectivity index (χ0n) is 8.17.